The number of benzene rings is 3. The van der Waals surface area contributed by atoms with Gasteiger partial charge in [0.15, 0.2) is 0 Å². The predicted molar refractivity (Wildman–Crippen MR) is 204 cm³/mol. The number of alkyl carbamates (subject to hydrolysis) is 1. The van der Waals surface area contributed by atoms with E-state index in [9.17, 15) is 19.6 Å². The van der Waals surface area contributed by atoms with E-state index < -0.39 is 58.4 Å². The molecule has 3 aromatic rings. The van der Waals surface area contributed by atoms with E-state index in [1.807, 2.05) is 20.8 Å². The number of rotatable bonds is 16. The fourth-order valence-electron chi connectivity index (χ4n) is 6.63. The molecule has 1 heterocycles. The van der Waals surface area contributed by atoms with Crippen LogP contribution in [0.15, 0.2) is 54.6 Å². The van der Waals surface area contributed by atoms with Gasteiger partial charge in [-0.05, 0) is 53.8 Å². The van der Waals surface area contributed by atoms with Gasteiger partial charge in [-0.3, -0.25) is 9.59 Å². The highest BCUT2D eigenvalue weighted by atomic mass is 35.5. The van der Waals surface area contributed by atoms with Gasteiger partial charge in [0, 0.05) is 41.7 Å². The Labute approximate surface area is 329 Å². The molecule has 3 amide bonds. The number of anilines is 1. The molecule has 0 aromatic heterocycles. The first-order valence-electron chi connectivity index (χ1n) is 17.5. The fourth-order valence-corrected chi connectivity index (χ4v) is 6.97. The monoisotopic (exact) mass is 803 g/mol. The molecule has 4 N–H and O–H groups in total. The van der Waals surface area contributed by atoms with Crippen LogP contribution in [-0.4, -0.2) is 83.7 Å². The van der Waals surface area contributed by atoms with Crippen LogP contribution in [0.5, 0.6) is 5.75 Å². The minimum Gasteiger partial charge on any atom is -0.495 e. The number of amides is 3. The Balaban J connectivity index is 1.54. The van der Waals surface area contributed by atoms with Gasteiger partial charge in [0.25, 0.3) is 5.91 Å². The van der Waals surface area contributed by atoms with Crippen LogP contribution < -0.4 is 26.0 Å². The van der Waals surface area contributed by atoms with E-state index in [4.69, 9.17) is 42.1 Å². The minimum atomic E-state index is -1.80. The summed E-state index contributed by atoms with van der Waals surface area (Å²) < 4.78 is 53.1. The number of carbonyl (C=O) groups excluding carboxylic acids is 3. The number of hydrogen-bond donors (Lipinski definition) is 4. The molecule has 1 aliphatic rings. The highest BCUT2D eigenvalue weighted by Gasteiger charge is 2.61. The average molecular weight is 805 g/mol. The molecule has 0 spiro atoms. The zero-order valence-electron chi connectivity index (χ0n) is 31.2. The maximum Gasteiger partial charge on any atom is 0.406 e. The minimum absolute atomic E-state index is 0.0443. The van der Waals surface area contributed by atoms with Crippen molar-refractivity contribution in [3.05, 3.63) is 93.0 Å². The molecule has 12 nitrogen and oxygen atoms in total. The molecule has 0 radical (unpaired) electrons. The maximum atomic E-state index is 16.0. The summed E-state index contributed by atoms with van der Waals surface area (Å²) in [7, 11) is 2.83. The summed E-state index contributed by atoms with van der Waals surface area (Å²) >= 11 is 12.4. The van der Waals surface area contributed by atoms with Crippen molar-refractivity contribution in [2.24, 2.45) is 5.41 Å². The lowest BCUT2D eigenvalue weighted by atomic mass is 9.62. The Kier molecular flexibility index (Phi) is 15.2. The largest absolute Gasteiger partial charge is 0.495 e. The van der Waals surface area contributed by atoms with Crippen molar-refractivity contribution in [1.82, 2.24) is 16.0 Å². The molecule has 0 unspecified atom stereocenters. The zero-order chi connectivity index (χ0) is 40.3. The number of nitrogens with zero attached hydrogens (tertiary/aromatic N) is 1. The van der Waals surface area contributed by atoms with Gasteiger partial charge in [-0.2, -0.15) is 5.26 Å². The Bertz CT molecular complexity index is 1890. The molecule has 0 bridgehead atoms. The van der Waals surface area contributed by atoms with Gasteiger partial charge in [-0.1, -0.05) is 62.2 Å². The number of hydrogen-bond acceptors (Lipinski definition) is 9. The molecule has 1 fully saturated rings. The Morgan fingerprint density at radius 3 is 2.35 bits per heavy atom. The molecule has 296 valence electrons. The van der Waals surface area contributed by atoms with E-state index >= 15 is 8.78 Å². The highest BCUT2D eigenvalue weighted by Crippen LogP contribution is 2.53. The van der Waals surface area contributed by atoms with Gasteiger partial charge in [-0.15, -0.1) is 0 Å². The van der Waals surface area contributed by atoms with Gasteiger partial charge in [0.2, 0.25) is 5.91 Å². The zero-order valence-corrected chi connectivity index (χ0v) is 32.7. The third kappa shape index (κ3) is 10.6. The van der Waals surface area contributed by atoms with Gasteiger partial charge < -0.3 is 40.2 Å². The van der Waals surface area contributed by atoms with E-state index in [1.54, 1.807) is 0 Å². The van der Waals surface area contributed by atoms with Crippen molar-refractivity contribution >= 4 is 46.8 Å². The third-order valence-electron chi connectivity index (χ3n) is 9.02. The predicted octanol–water partition coefficient (Wildman–Crippen LogP) is 6.36. The summed E-state index contributed by atoms with van der Waals surface area (Å²) in [6.07, 6.45) is -0.246. The van der Waals surface area contributed by atoms with Gasteiger partial charge >= 0.3 is 6.09 Å². The molecule has 16 heteroatoms. The van der Waals surface area contributed by atoms with Crippen LogP contribution in [0.3, 0.4) is 0 Å². The Morgan fingerprint density at radius 2 is 1.69 bits per heavy atom. The van der Waals surface area contributed by atoms with Crippen molar-refractivity contribution in [1.29, 1.82) is 5.26 Å². The van der Waals surface area contributed by atoms with Crippen LogP contribution in [0.4, 0.5) is 19.3 Å². The second-order valence-corrected chi connectivity index (χ2v) is 14.8. The van der Waals surface area contributed by atoms with E-state index in [-0.39, 0.29) is 77.8 Å². The first-order chi connectivity index (χ1) is 26.2. The van der Waals surface area contributed by atoms with Gasteiger partial charge in [0.1, 0.15) is 29.4 Å². The summed E-state index contributed by atoms with van der Waals surface area (Å²) in [6.45, 7) is 7.09. The summed E-state index contributed by atoms with van der Waals surface area (Å²) in [6, 6.07) is 12.9. The second-order valence-electron chi connectivity index (χ2n) is 14.0. The first kappa shape index (κ1) is 43.2. The number of nitrogens with one attached hydrogen (secondary N) is 4. The van der Waals surface area contributed by atoms with Crippen molar-refractivity contribution in [2.75, 3.05) is 59.1 Å². The SMILES string of the molecule is CNC(=O)OCCOCCOCCNC(=O)c1ccc(NC(=O)[C@@H]2N[C@@H](CC(C)(C)C)[C@](C#N)(c3ccc(Cl)cc3F)[C@H]2c2cccc(Cl)c2F)c(OC)c1. The number of ether oxygens (including phenoxy) is 4. The lowest BCUT2D eigenvalue weighted by molar-refractivity contribution is -0.118. The van der Waals surface area contributed by atoms with Crippen LogP contribution in [0, 0.1) is 28.4 Å². The van der Waals surface area contributed by atoms with Crippen LogP contribution >= 0.6 is 23.2 Å². The topological polar surface area (TPSA) is 160 Å². The number of carbonyl (C=O) groups is 3. The number of halogens is 4. The highest BCUT2D eigenvalue weighted by molar-refractivity contribution is 6.31. The third-order valence-corrected chi connectivity index (χ3v) is 9.55. The quantitative estimate of drug-likeness (QED) is 0.121. The van der Waals surface area contributed by atoms with Crippen LogP contribution in [0.2, 0.25) is 10.0 Å². The molecule has 55 heavy (non-hydrogen) atoms. The van der Waals surface area contributed by atoms with Gasteiger partial charge in [-0.25, -0.2) is 13.6 Å². The molecule has 4 rings (SSSR count). The summed E-state index contributed by atoms with van der Waals surface area (Å²) in [5.41, 5.74) is -1.89. The smallest absolute Gasteiger partial charge is 0.406 e. The maximum absolute atomic E-state index is 16.0. The van der Waals surface area contributed by atoms with Gasteiger partial charge in [0.05, 0.1) is 56.4 Å². The van der Waals surface area contributed by atoms with Crippen molar-refractivity contribution in [3.8, 4) is 11.8 Å². The van der Waals surface area contributed by atoms with Crippen molar-refractivity contribution in [3.63, 3.8) is 0 Å². The first-order valence-corrected chi connectivity index (χ1v) is 18.3. The van der Waals surface area contributed by atoms with Crippen LogP contribution in [0.1, 0.15) is 54.6 Å². The van der Waals surface area contributed by atoms with Crippen LogP contribution in [0.25, 0.3) is 0 Å². The second kappa shape index (κ2) is 19.4. The van der Waals surface area contributed by atoms with Crippen molar-refractivity contribution in [2.45, 2.75) is 50.6 Å². The average Bonchev–Trinajstić information content (AvgIpc) is 3.46. The summed E-state index contributed by atoms with van der Waals surface area (Å²) in [5, 5.41) is 22.1. The van der Waals surface area contributed by atoms with E-state index in [2.05, 4.69) is 27.3 Å². The Morgan fingerprint density at radius 1 is 0.982 bits per heavy atom. The summed E-state index contributed by atoms with van der Waals surface area (Å²) in [4.78, 5) is 38.3. The lowest BCUT2D eigenvalue weighted by Crippen LogP contribution is -2.45. The number of nitriles is 1. The molecule has 1 saturated heterocycles. The molecule has 4 atom stereocenters. The van der Waals surface area contributed by atoms with E-state index in [0.717, 1.165) is 6.07 Å². The van der Waals surface area contributed by atoms with Crippen molar-refractivity contribution < 1.29 is 42.1 Å². The Hall–Kier alpha value is -4.52. The van der Waals surface area contributed by atoms with E-state index in [1.165, 1.54) is 62.7 Å². The molecule has 1 aliphatic heterocycles. The van der Waals surface area contributed by atoms with E-state index in [0.29, 0.717) is 6.42 Å². The normalized spacial score (nSPS) is 19.3. The molecular weight excluding hydrogens is 759 g/mol. The standard InChI is InChI=1S/C39H45Cl2F2N5O7/c1-38(2,3)21-31-39(22-44,26-11-10-24(40)20-28(26)42)32(25-7-6-8-27(41)33(25)43)34(48-31)36(50)47-29-12-9-23(19-30(29)52-5)35(49)46-13-14-53-15-16-54-17-18-55-37(51)45-4/h6-12,19-20,31-32,34,48H,13-18,21H2,1-5H3,(H,45,51)(H,46,49)(H,47,50)/t31-,32-,34+,39-/m0/s1. The molecule has 0 saturated carbocycles. The summed E-state index contributed by atoms with van der Waals surface area (Å²) in [5.74, 6) is -3.82. The lowest BCUT2D eigenvalue weighted by Gasteiger charge is -2.37. The molecule has 0 aliphatic carbocycles. The number of methoxy groups -OCH3 is 1. The molecule has 3 aromatic carbocycles. The fraction of sp³-hybridized carbons (Fsp3) is 0.436. The molecular formula is C39H45Cl2F2N5O7. The van der Waals surface area contributed by atoms with Crippen LogP contribution in [-0.2, 0) is 24.4 Å².